The van der Waals surface area contributed by atoms with Gasteiger partial charge in [-0.1, -0.05) is 13.8 Å². The number of Topliss-reactive ketones (excluding diaryl/α,β-unsaturated/α-hetero) is 1. The molecule has 1 heterocycles. The molecular weight excluding hydrogens is 202 g/mol. The molecule has 0 amide bonds. The van der Waals surface area contributed by atoms with Crippen molar-refractivity contribution >= 4 is 5.78 Å². The number of aromatic nitrogens is 2. The maximum Gasteiger partial charge on any atom is 0.180 e. The molecule has 0 saturated heterocycles. The first-order valence-electron chi connectivity index (χ1n) is 5.93. The Hall–Kier alpha value is -1.16. The highest BCUT2D eigenvalue weighted by Crippen LogP contribution is 2.04. The first kappa shape index (κ1) is 12.9. The number of carbonyl (C=O) groups excluding carboxylic acids is 1. The van der Waals surface area contributed by atoms with Crippen LogP contribution in [-0.4, -0.2) is 28.2 Å². The van der Waals surface area contributed by atoms with Gasteiger partial charge in [0.05, 0.1) is 0 Å². The maximum absolute atomic E-state index is 11.8. The molecule has 0 atom stereocenters. The van der Waals surface area contributed by atoms with E-state index in [4.69, 9.17) is 0 Å². The molecule has 1 N–H and O–H groups in total. The van der Waals surface area contributed by atoms with Gasteiger partial charge < -0.3 is 5.32 Å². The van der Waals surface area contributed by atoms with E-state index in [-0.39, 0.29) is 5.78 Å². The molecule has 4 heteroatoms. The molecule has 0 aromatic carbocycles. The zero-order chi connectivity index (χ0) is 12.0. The summed E-state index contributed by atoms with van der Waals surface area (Å²) in [6.45, 7) is 7.84. The number of hydrogen-bond acceptors (Lipinski definition) is 3. The fraction of sp³-hybridized carbons (Fsp3) is 0.667. The van der Waals surface area contributed by atoms with Gasteiger partial charge in [0.15, 0.2) is 5.78 Å². The molecule has 0 radical (unpaired) electrons. The van der Waals surface area contributed by atoms with E-state index in [1.54, 1.807) is 16.9 Å². The van der Waals surface area contributed by atoms with E-state index in [0.29, 0.717) is 12.5 Å². The highest BCUT2D eigenvalue weighted by Gasteiger charge is 2.10. The van der Waals surface area contributed by atoms with Crippen LogP contribution >= 0.6 is 0 Å². The summed E-state index contributed by atoms with van der Waals surface area (Å²) >= 11 is 0. The van der Waals surface area contributed by atoms with E-state index < -0.39 is 0 Å². The van der Waals surface area contributed by atoms with Crippen LogP contribution in [0.4, 0.5) is 0 Å². The van der Waals surface area contributed by atoms with E-state index in [9.17, 15) is 4.79 Å². The lowest BCUT2D eigenvalue weighted by Crippen LogP contribution is -2.24. The van der Waals surface area contributed by atoms with Crippen molar-refractivity contribution in [1.29, 1.82) is 0 Å². The number of nitrogens with one attached hydrogen (secondary N) is 1. The van der Waals surface area contributed by atoms with Crippen LogP contribution in [0.2, 0.25) is 0 Å². The standard InChI is InChI=1S/C12H21N3O/c1-4-15-11(7-9-14-15)12(16)6-5-8-13-10(2)3/h7,9-10,13H,4-6,8H2,1-3H3. The second kappa shape index (κ2) is 6.43. The minimum absolute atomic E-state index is 0.185. The van der Waals surface area contributed by atoms with Gasteiger partial charge in [-0.25, -0.2) is 0 Å². The van der Waals surface area contributed by atoms with Crippen molar-refractivity contribution in [3.05, 3.63) is 18.0 Å². The lowest BCUT2D eigenvalue weighted by Gasteiger charge is -2.07. The Morgan fingerprint density at radius 2 is 2.31 bits per heavy atom. The van der Waals surface area contributed by atoms with Crippen LogP contribution in [0.1, 0.15) is 44.1 Å². The van der Waals surface area contributed by atoms with Crippen LogP contribution in [0.3, 0.4) is 0 Å². The average Bonchev–Trinajstić information content (AvgIpc) is 2.71. The largest absolute Gasteiger partial charge is 0.315 e. The maximum atomic E-state index is 11.8. The smallest absolute Gasteiger partial charge is 0.180 e. The van der Waals surface area contributed by atoms with Gasteiger partial charge in [0.25, 0.3) is 0 Å². The second-order valence-corrected chi connectivity index (χ2v) is 4.17. The van der Waals surface area contributed by atoms with Crippen LogP contribution in [0.15, 0.2) is 12.3 Å². The molecule has 0 bridgehead atoms. The van der Waals surface area contributed by atoms with Gasteiger partial charge in [-0.15, -0.1) is 0 Å². The number of aryl methyl sites for hydroxylation is 1. The molecule has 90 valence electrons. The van der Waals surface area contributed by atoms with Crippen molar-refractivity contribution in [2.75, 3.05) is 6.54 Å². The Morgan fingerprint density at radius 1 is 1.56 bits per heavy atom. The monoisotopic (exact) mass is 223 g/mol. The summed E-state index contributed by atoms with van der Waals surface area (Å²) in [5.41, 5.74) is 0.729. The minimum atomic E-state index is 0.185. The molecule has 0 aliphatic carbocycles. The fourth-order valence-corrected chi connectivity index (χ4v) is 1.59. The molecule has 1 aromatic heterocycles. The van der Waals surface area contributed by atoms with Crippen LogP contribution in [0, 0.1) is 0 Å². The van der Waals surface area contributed by atoms with E-state index in [2.05, 4.69) is 24.3 Å². The molecule has 1 rings (SSSR count). The summed E-state index contributed by atoms with van der Waals surface area (Å²) in [7, 11) is 0. The van der Waals surface area contributed by atoms with Gasteiger partial charge >= 0.3 is 0 Å². The van der Waals surface area contributed by atoms with Crippen molar-refractivity contribution in [2.45, 2.75) is 46.2 Å². The van der Waals surface area contributed by atoms with Crippen molar-refractivity contribution in [3.8, 4) is 0 Å². The lowest BCUT2D eigenvalue weighted by molar-refractivity contribution is 0.0969. The van der Waals surface area contributed by atoms with Gasteiger partial charge in [-0.3, -0.25) is 9.48 Å². The van der Waals surface area contributed by atoms with Crippen molar-refractivity contribution in [3.63, 3.8) is 0 Å². The minimum Gasteiger partial charge on any atom is -0.315 e. The van der Waals surface area contributed by atoms with Crippen LogP contribution in [-0.2, 0) is 6.54 Å². The van der Waals surface area contributed by atoms with E-state index >= 15 is 0 Å². The topological polar surface area (TPSA) is 46.9 Å². The van der Waals surface area contributed by atoms with Gasteiger partial charge in [0.2, 0.25) is 0 Å². The summed E-state index contributed by atoms with van der Waals surface area (Å²) in [5.74, 6) is 0.185. The zero-order valence-electron chi connectivity index (χ0n) is 10.4. The number of carbonyl (C=O) groups is 1. The van der Waals surface area contributed by atoms with Crippen LogP contribution in [0.5, 0.6) is 0 Å². The van der Waals surface area contributed by atoms with Crippen LogP contribution < -0.4 is 5.32 Å². The number of hydrogen-bond donors (Lipinski definition) is 1. The molecule has 0 saturated carbocycles. The third-order valence-corrected chi connectivity index (χ3v) is 2.43. The molecular formula is C12H21N3O. The van der Waals surface area contributed by atoms with E-state index in [1.807, 2.05) is 6.92 Å². The Bertz CT molecular complexity index is 331. The van der Waals surface area contributed by atoms with Gasteiger partial charge in [0.1, 0.15) is 5.69 Å². The molecule has 4 nitrogen and oxygen atoms in total. The summed E-state index contributed by atoms with van der Waals surface area (Å²) in [4.78, 5) is 11.8. The molecule has 0 aliphatic rings. The summed E-state index contributed by atoms with van der Waals surface area (Å²) in [6.07, 6.45) is 3.15. The normalized spacial score (nSPS) is 11.0. The third-order valence-electron chi connectivity index (χ3n) is 2.43. The predicted molar refractivity (Wildman–Crippen MR) is 64.6 cm³/mol. The first-order valence-corrected chi connectivity index (χ1v) is 5.93. The summed E-state index contributed by atoms with van der Waals surface area (Å²) in [5, 5.41) is 7.39. The third kappa shape index (κ3) is 3.77. The Balaban J connectivity index is 2.35. The summed E-state index contributed by atoms with van der Waals surface area (Å²) < 4.78 is 1.75. The average molecular weight is 223 g/mol. The molecule has 1 aromatic rings. The Kier molecular flexibility index (Phi) is 5.19. The molecule has 16 heavy (non-hydrogen) atoms. The van der Waals surface area contributed by atoms with Gasteiger partial charge in [-0.05, 0) is 26.0 Å². The Labute approximate surface area is 97.0 Å². The van der Waals surface area contributed by atoms with Crippen molar-refractivity contribution in [1.82, 2.24) is 15.1 Å². The zero-order valence-corrected chi connectivity index (χ0v) is 10.4. The number of nitrogens with zero attached hydrogens (tertiary/aromatic N) is 2. The number of ketones is 1. The quantitative estimate of drug-likeness (QED) is 0.567. The van der Waals surface area contributed by atoms with Crippen molar-refractivity contribution < 1.29 is 4.79 Å². The molecule has 0 unspecified atom stereocenters. The highest BCUT2D eigenvalue weighted by atomic mass is 16.1. The Morgan fingerprint density at radius 3 is 2.94 bits per heavy atom. The summed E-state index contributed by atoms with van der Waals surface area (Å²) in [6, 6.07) is 2.28. The van der Waals surface area contributed by atoms with E-state index in [1.165, 1.54) is 0 Å². The predicted octanol–water partition coefficient (Wildman–Crippen LogP) is 1.86. The van der Waals surface area contributed by atoms with Crippen molar-refractivity contribution in [2.24, 2.45) is 0 Å². The lowest BCUT2D eigenvalue weighted by atomic mass is 10.1. The van der Waals surface area contributed by atoms with Gasteiger partial charge in [-0.2, -0.15) is 5.10 Å². The molecule has 0 aliphatic heterocycles. The van der Waals surface area contributed by atoms with Crippen LogP contribution in [0.25, 0.3) is 0 Å². The van der Waals surface area contributed by atoms with E-state index in [0.717, 1.165) is 25.2 Å². The first-order chi connectivity index (χ1) is 7.65. The van der Waals surface area contributed by atoms with Gasteiger partial charge in [0, 0.05) is 25.2 Å². The fourth-order valence-electron chi connectivity index (χ4n) is 1.59. The SMILES string of the molecule is CCn1nccc1C(=O)CCCNC(C)C. The number of rotatable bonds is 7. The highest BCUT2D eigenvalue weighted by molar-refractivity contribution is 5.94. The second-order valence-electron chi connectivity index (χ2n) is 4.17. The molecule has 0 fully saturated rings. The molecule has 0 spiro atoms.